The van der Waals surface area contributed by atoms with Crippen LogP contribution in [0.4, 0.5) is 13.2 Å². The van der Waals surface area contributed by atoms with Crippen LogP contribution < -0.4 is 0 Å². The topological polar surface area (TPSA) is 45.5 Å². The van der Waals surface area contributed by atoms with Gasteiger partial charge in [-0.05, 0) is 43.3 Å². The van der Waals surface area contributed by atoms with Crippen LogP contribution in [0.3, 0.4) is 0 Å². The largest absolute Gasteiger partial charge is 0.386 e. The van der Waals surface area contributed by atoms with Gasteiger partial charge in [0.1, 0.15) is 11.6 Å². The van der Waals surface area contributed by atoms with E-state index >= 15 is 0 Å². The van der Waals surface area contributed by atoms with Gasteiger partial charge in [-0.15, -0.1) is 0 Å². The Kier molecular flexibility index (Phi) is 4.14. The summed E-state index contributed by atoms with van der Waals surface area (Å²) in [6.45, 7) is 1.90. The zero-order valence-electron chi connectivity index (χ0n) is 14.8. The zero-order chi connectivity index (χ0) is 19.3. The molecule has 1 aliphatic heterocycles. The van der Waals surface area contributed by atoms with Gasteiger partial charge < -0.3 is 14.6 Å². The fourth-order valence-corrected chi connectivity index (χ4v) is 3.88. The molecule has 2 aromatic carbocycles. The smallest absolute Gasteiger partial charge is 0.257 e. The second kappa shape index (κ2) is 6.27. The van der Waals surface area contributed by atoms with Gasteiger partial charge in [0.2, 0.25) is 0 Å². The maximum absolute atomic E-state index is 13.7. The molecule has 1 amide bonds. The number of nitrogens with zero attached hydrogens (tertiary/aromatic N) is 2. The number of halogens is 3. The third-order valence-electron chi connectivity index (χ3n) is 5.05. The molecule has 0 unspecified atom stereocenters. The first kappa shape index (κ1) is 17.9. The van der Waals surface area contributed by atoms with Crippen LogP contribution in [0.5, 0.6) is 0 Å². The van der Waals surface area contributed by atoms with Crippen molar-refractivity contribution in [1.82, 2.24) is 9.47 Å². The quantitative estimate of drug-likeness (QED) is 0.759. The molecular formula is C20H19F3N2O2. The number of alkyl halides is 1. The average Bonchev–Trinajstić information content (AvgIpc) is 3.06. The van der Waals surface area contributed by atoms with Crippen molar-refractivity contribution in [2.75, 3.05) is 13.1 Å². The first-order valence-electron chi connectivity index (χ1n) is 8.77. The van der Waals surface area contributed by atoms with Gasteiger partial charge in [-0.25, -0.2) is 13.2 Å². The Bertz CT molecular complexity index is 985. The molecule has 2 atom stereocenters. The number of aliphatic hydroxyl groups is 1. The van der Waals surface area contributed by atoms with Crippen molar-refractivity contribution in [3.05, 3.63) is 48.0 Å². The van der Waals surface area contributed by atoms with Crippen LogP contribution in [0.25, 0.3) is 21.8 Å². The molecule has 0 aliphatic carbocycles. The number of rotatable bonds is 4. The van der Waals surface area contributed by atoms with E-state index < -0.39 is 29.3 Å². The molecule has 0 spiro atoms. The predicted octanol–water partition coefficient (Wildman–Crippen LogP) is 3.39. The molecule has 4 rings (SSSR count). The Morgan fingerprint density at radius 2 is 1.63 bits per heavy atom. The highest BCUT2D eigenvalue weighted by Crippen LogP contribution is 2.32. The fraction of sp³-hybridized carbons (Fsp3) is 0.350. The third-order valence-corrected chi connectivity index (χ3v) is 5.05. The summed E-state index contributed by atoms with van der Waals surface area (Å²) >= 11 is 0. The van der Waals surface area contributed by atoms with Gasteiger partial charge >= 0.3 is 0 Å². The van der Waals surface area contributed by atoms with Crippen LogP contribution in [-0.2, 0) is 11.3 Å². The zero-order valence-corrected chi connectivity index (χ0v) is 14.8. The van der Waals surface area contributed by atoms with Crippen molar-refractivity contribution >= 4 is 27.7 Å². The number of carbonyl (C=O) groups excluding carboxylic acids is 1. The summed E-state index contributed by atoms with van der Waals surface area (Å²) < 4.78 is 42.7. The number of hydrogen-bond donors (Lipinski definition) is 1. The SMILES string of the molecule is C[C@@](O)(CN1CC[C@H](F)C1=O)Cn1c2ccc(F)cc2c2cc(F)ccc21. The summed E-state index contributed by atoms with van der Waals surface area (Å²) in [5.74, 6) is -1.48. The van der Waals surface area contributed by atoms with Crippen LogP contribution in [0, 0.1) is 11.6 Å². The maximum Gasteiger partial charge on any atom is 0.257 e. The van der Waals surface area contributed by atoms with Crippen molar-refractivity contribution in [2.45, 2.75) is 31.7 Å². The number of aromatic nitrogens is 1. The Morgan fingerprint density at radius 3 is 2.11 bits per heavy atom. The van der Waals surface area contributed by atoms with E-state index in [1.54, 1.807) is 23.6 Å². The monoisotopic (exact) mass is 376 g/mol. The summed E-state index contributed by atoms with van der Waals surface area (Å²) in [6.07, 6.45) is -1.39. The van der Waals surface area contributed by atoms with Crippen LogP contribution >= 0.6 is 0 Å². The van der Waals surface area contributed by atoms with Gasteiger partial charge in [0.05, 0.1) is 18.7 Å². The van der Waals surface area contributed by atoms with Gasteiger partial charge in [-0.3, -0.25) is 4.79 Å². The van der Waals surface area contributed by atoms with Crippen molar-refractivity contribution in [2.24, 2.45) is 0 Å². The first-order valence-corrected chi connectivity index (χ1v) is 8.77. The molecule has 1 aromatic heterocycles. The lowest BCUT2D eigenvalue weighted by Gasteiger charge is -2.30. The second-order valence-electron chi connectivity index (χ2n) is 7.42. The fourth-order valence-electron chi connectivity index (χ4n) is 3.88. The summed E-state index contributed by atoms with van der Waals surface area (Å²) in [6, 6.07) is 8.44. The predicted molar refractivity (Wildman–Crippen MR) is 96.1 cm³/mol. The van der Waals surface area contributed by atoms with E-state index in [0.29, 0.717) is 21.8 Å². The van der Waals surface area contributed by atoms with Crippen molar-refractivity contribution in [1.29, 1.82) is 0 Å². The summed E-state index contributed by atoms with van der Waals surface area (Å²) in [5.41, 5.74) is -0.0525. The normalized spacial score (nSPS) is 20.0. The molecule has 7 heteroatoms. The van der Waals surface area contributed by atoms with Crippen LogP contribution in [0.15, 0.2) is 36.4 Å². The highest BCUT2D eigenvalue weighted by molar-refractivity contribution is 6.08. The summed E-state index contributed by atoms with van der Waals surface area (Å²) in [5, 5.41) is 12.0. The highest BCUT2D eigenvalue weighted by atomic mass is 19.1. The van der Waals surface area contributed by atoms with Crippen LogP contribution in [-0.4, -0.2) is 45.3 Å². The van der Waals surface area contributed by atoms with Crippen molar-refractivity contribution in [3.8, 4) is 0 Å². The molecule has 0 radical (unpaired) electrons. The van der Waals surface area contributed by atoms with Crippen LogP contribution in [0.2, 0.25) is 0 Å². The molecule has 27 heavy (non-hydrogen) atoms. The second-order valence-corrected chi connectivity index (χ2v) is 7.42. The van der Waals surface area contributed by atoms with Gasteiger partial charge in [0, 0.05) is 34.8 Å². The molecule has 1 fully saturated rings. The first-order chi connectivity index (χ1) is 12.7. The number of β-amino-alcohol motifs (C(OH)–C–C–N with tert-alkyl or cyclic N) is 1. The highest BCUT2D eigenvalue weighted by Gasteiger charge is 2.36. The number of fused-ring (bicyclic) bond motifs is 3. The molecule has 1 aliphatic rings. The van der Waals surface area contributed by atoms with E-state index in [4.69, 9.17) is 0 Å². The minimum Gasteiger partial charge on any atom is -0.386 e. The number of likely N-dealkylation sites (tertiary alicyclic amines) is 1. The Labute approximate surface area is 153 Å². The van der Waals surface area contributed by atoms with E-state index in [9.17, 15) is 23.1 Å². The lowest BCUT2D eigenvalue weighted by molar-refractivity contribution is -0.134. The lowest BCUT2D eigenvalue weighted by Crippen LogP contribution is -2.45. The molecule has 0 bridgehead atoms. The number of carbonyl (C=O) groups is 1. The van der Waals surface area contributed by atoms with Gasteiger partial charge in [-0.1, -0.05) is 0 Å². The minimum atomic E-state index is -1.51. The molecule has 0 saturated carbocycles. The van der Waals surface area contributed by atoms with Gasteiger partial charge in [0.15, 0.2) is 6.17 Å². The number of amides is 1. The van der Waals surface area contributed by atoms with Gasteiger partial charge in [-0.2, -0.15) is 0 Å². The molecule has 2 heterocycles. The Balaban J connectivity index is 1.75. The molecule has 1 N–H and O–H groups in total. The van der Waals surface area contributed by atoms with Gasteiger partial charge in [0.25, 0.3) is 5.91 Å². The average molecular weight is 376 g/mol. The maximum atomic E-state index is 13.7. The van der Waals surface area contributed by atoms with Crippen molar-refractivity contribution in [3.63, 3.8) is 0 Å². The molecule has 1 saturated heterocycles. The third kappa shape index (κ3) is 3.16. The van der Waals surface area contributed by atoms with E-state index in [2.05, 4.69) is 0 Å². The molecule has 142 valence electrons. The number of hydrogen-bond acceptors (Lipinski definition) is 2. The Morgan fingerprint density at radius 1 is 1.07 bits per heavy atom. The lowest BCUT2D eigenvalue weighted by atomic mass is 10.1. The minimum absolute atomic E-state index is 0.0180. The Hall–Kier alpha value is -2.54. The van der Waals surface area contributed by atoms with E-state index in [1.807, 2.05) is 0 Å². The van der Waals surface area contributed by atoms with E-state index in [0.717, 1.165) is 0 Å². The van der Waals surface area contributed by atoms with Crippen LogP contribution in [0.1, 0.15) is 13.3 Å². The van der Waals surface area contributed by atoms with E-state index in [-0.39, 0.29) is 26.1 Å². The van der Waals surface area contributed by atoms with Crippen molar-refractivity contribution < 1.29 is 23.1 Å². The molecule has 4 nitrogen and oxygen atoms in total. The van der Waals surface area contributed by atoms with E-state index in [1.165, 1.54) is 29.2 Å². The standard InChI is InChI=1S/C20H19F3N2O2/c1-20(27,10-24-7-6-16(23)19(24)26)11-25-17-4-2-12(21)8-14(17)15-9-13(22)3-5-18(15)25/h2-5,8-9,16,27H,6-7,10-11H2,1H3/t16-,20+/m0/s1. The molecular weight excluding hydrogens is 357 g/mol. The summed E-state index contributed by atoms with van der Waals surface area (Å²) in [7, 11) is 0. The molecule has 3 aromatic rings. The summed E-state index contributed by atoms with van der Waals surface area (Å²) in [4.78, 5) is 13.2. The number of benzene rings is 2.